The molecule has 7 heteroatoms. The van der Waals surface area contributed by atoms with Gasteiger partial charge in [0.25, 0.3) is 0 Å². The summed E-state index contributed by atoms with van der Waals surface area (Å²) in [5, 5.41) is 6.01. The molecule has 2 amide bonds. The van der Waals surface area contributed by atoms with Crippen LogP contribution in [0.15, 0.2) is 30.3 Å². The number of carbonyl (C=O) groups excluding carboxylic acids is 2. The van der Waals surface area contributed by atoms with E-state index >= 15 is 0 Å². The summed E-state index contributed by atoms with van der Waals surface area (Å²) in [6.07, 6.45) is 4.84. The van der Waals surface area contributed by atoms with Gasteiger partial charge in [-0.25, -0.2) is 9.18 Å². The number of nitrogens with zero attached hydrogens (tertiary/aromatic N) is 1. The zero-order valence-corrected chi connectivity index (χ0v) is 18.6. The predicted octanol–water partition coefficient (Wildman–Crippen LogP) is 4.69. The molecule has 1 saturated carbocycles. The second-order valence-electron chi connectivity index (χ2n) is 8.34. The Morgan fingerprint density at radius 1 is 1.13 bits per heavy atom. The van der Waals surface area contributed by atoms with Crippen molar-refractivity contribution in [2.24, 2.45) is 0 Å². The van der Waals surface area contributed by atoms with E-state index in [4.69, 9.17) is 4.74 Å². The molecule has 3 rings (SSSR count). The number of nitrogens with one attached hydrogen (secondary N) is 2. The Balaban J connectivity index is 1.66. The second-order valence-corrected chi connectivity index (χ2v) is 8.34. The van der Waals surface area contributed by atoms with Gasteiger partial charge in [-0.1, -0.05) is 19.3 Å². The molecule has 1 aliphatic rings. The Morgan fingerprint density at radius 3 is 2.45 bits per heavy atom. The maximum absolute atomic E-state index is 13.3. The molecule has 0 saturated heterocycles. The monoisotopic (exact) mass is 429 g/mol. The second kappa shape index (κ2) is 9.98. The number of hydrogen-bond acceptors (Lipinski definition) is 3. The van der Waals surface area contributed by atoms with Gasteiger partial charge in [0.1, 0.15) is 5.82 Å². The van der Waals surface area contributed by atoms with E-state index in [1.807, 2.05) is 24.5 Å². The fourth-order valence-corrected chi connectivity index (χ4v) is 4.52. The van der Waals surface area contributed by atoms with E-state index in [1.165, 1.54) is 12.1 Å². The van der Waals surface area contributed by atoms with Gasteiger partial charge in [-0.3, -0.25) is 4.79 Å². The number of aromatic nitrogens is 1. The quantitative estimate of drug-likeness (QED) is 0.627. The molecular formula is C24H32FN3O3. The van der Waals surface area contributed by atoms with Crippen molar-refractivity contribution in [2.75, 3.05) is 6.61 Å². The molecule has 1 fully saturated rings. The topological polar surface area (TPSA) is 72.4 Å². The molecule has 0 radical (unpaired) electrons. The molecule has 1 aromatic carbocycles. The van der Waals surface area contributed by atoms with E-state index in [2.05, 4.69) is 10.6 Å². The van der Waals surface area contributed by atoms with Crippen LogP contribution in [0.4, 0.5) is 9.18 Å². The fraction of sp³-hybridized carbons (Fsp3) is 0.500. The van der Waals surface area contributed by atoms with Crippen LogP contribution in [0.1, 0.15) is 62.4 Å². The highest BCUT2D eigenvalue weighted by Crippen LogP contribution is 2.31. The number of halogens is 1. The zero-order valence-electron chi connectivity index (χ0n) is 18.6. The highest BCUT2D eigenvalue weighted by Gasteiger charge is 2.36. The van der Waals surface area contributed by atoms with Crippen LogP contribution in [-0.4, -0.2) is 28.7 Å². The Hall–Kier alpha value is -2.83. The molecule has 31 heavy (non-hydrogen) atoms. The van der Waals surface area contributed by atoms with E-state index in [0.717, 1.165) is 54.7 Å². The van der Waals surface area contributed by atoms with Crippen molar-refractivity contribution in [3.63, 3.8) is 0 Å². The minimum Gasteiger partial charge on any atom is -0.466 e. The summed E-state index contributed by atoms with van der Waals surface area (Å²) in [5.41, 5.74) is 3.32. The highest BCUT2D eigenvalue weighted by atomic mass is 19.1. The summed E-state index contributed by atoms with van der Waals surface area (Å²) < 4.78 is 20.4. The summed E-state index contributed by atoms with van der Waals surface area (Å²) >= 11 is 0. The summed E-state index contributed by atoms with van der Waals surface area (Å²) in [6.45, 7) is 6.45. The van der Waals surface area contributed by atoms with Crippen LogP contribution in [0, 0.1) is 19.7 Å². The lowest BCUT2D eigenvalue weighted by molar-refractivity contribution is -0.145. The van der Waals surface area contributed by atoms with Crippen LogP contribution in [0.3, 0.4) is 0 Å². The number of ether oxygens (including phenoxy) is 1. The minimum atomic E-state index is -0.542. The smallest absolute Gasteiger partial charge is 0.315 e. The Bertz CT molecular complexity index is 915. The number of carbonyl (C=O) groups is 2. The Kier molecular flexibility index (Phi) is 7.36. The van der Waals surface area contributed by atoms with E-state index < -0.39 is 5.54 Å². The van der Waals surface area contributed by atoms with Gasteiger partial charge in [0.15, 0.2) is 0 Å². The first-order valence-electron chi connectivity index (χ1n) is 11.0. The van der Waals surface area contributed by atoms with E-state index in [1.54, 1.807) is 19.1 Å². The predicted molar refractivity (Wildman–Crippen MR) is 118 cm³/mol. The summed E-state index contributed by atoms with van der Waals surface area (Å²) in [7, 11) is 0. The van der Waals surface area contributed by atoms with Gasteiger partial charge in [0.2, 0.25) is 0 Å². The molecule has 1 heterocycles. The first-order chi connectivity index (χ1) is 14.8. The molecule has 1 aliphatic carbocycles. The maximum Gasteiger partial charge on any atom is 0.315 e. The van der Waals surface area contributed by atoms with Crippen molar-refractivity contribution in [3.8, 4) is 5.69 Å². The van der Waals surface area contributed by atoms with E-state index in [9.17, 15) is 14.0 Å². The van der Waals surface area contributed by atoms with E-state index in [-0.39, 0.29) is 24.2 Å². The summed E-state index contributed by atoms with van der Waals surface area (Å²) in [5.74, 6) is -0.545. The van der Waals surface area contributed by atoms with Crippen molar-refractivity contribution >= 4 is 12.0 Å². The van der Waals surface area contributed by atoms with E-state index in [0.29, 0.717) is 13.2 Å². The molecule has 0 bridgehead atoms. The highest BCUT2D eigenvalue weighted by molar-refractivity contribution is 5.77. The van der Waals surface area contributed by atoms with Gasteiger partial charge < -0.3 is 19.9 Å². The third-order valence-electron chi connectivity index (χ3n) is 6.04. The number of urea groups is 1. The summed E-state index contributed by atoms with van der Waals surface area (Å²) in [4.78, 5) is 24.8. The fourth-order valence-electron chi connectivity index (χ4n) is 4.52. The van der Waals surface area contributed by atoms with Crippen molar-refractivity contribution in [2.45, 2.75) is 71.4 Å². The molecule has 0 spiro atoms. The number of benzene rings is 1. The van der Waals surface area contributed by atoms with Gasteiger partial charge in [0, 0.05) is 23.6 Å². The van der Waals surface area contributed by atoms with Crippen molar-refractivity contribution in [3.05, 3.63) is 53.1 Å². The standard InChI is InChI=1S/C24H32FN3O3/c1-4-31-22(29)15-24(12-6-5-7-13-24)27-23(30)26-16-19-14-17(2)28(18(19)3)21-10-8-20(25)9-11-21/h8-11,14H,4-7,12-13,15-16H2,1-3H3,(H2,26,27,30). The average Bonchev–Trinajstić information content (AvgIpc) is 3.01. The van der Waals surface area contributed by atoms with Crippen LogP contribution < -0.4 is 10.6 Å². The molecule has 6 nitrogen and oxygen atoms in total. The van der Waals surface area contributed by atoms with Gasteiger partial charge in [-0.05, 0) is 69.5 Å². The lowest BCUT2D eigenvalue weighted by atomic mass is 9.79. The molecule has 0 aliphatic heterocycles. The molecule has 1 aromatic heterocycles. The van der Waals surface area contributed by atoms with Crippen LogP contribution in [-0.2, 0) is 16.1 Å². The number of aryl methyl sites for hydroxylation is 1. The Morgan fingerprint density at radius 2 is 1.81 bits per heavy atom. The van der Waals surface area contributed by atoms with Gasteiger partial charge in [-0.15, -0.1) is 0 Å². The first-order valence-corrected chi connectivity index (χ1v) is 11.0. The van der Waals surface area contributed by atoms with Gasteiger partial charge >= 0.3 is 12.0 Å². The van der Waals surface area contributed by atoms with Crippen LogP contribution in [0.5, 0.6) is 0 Å². The normalized spacial score (nSPS) is 15.4. The molecule has 0 atom stereocenters. The number of amides is 2. The van der Waals surface area contributed by atoms with Crippen LogP contribution in [0.2, 0.25) is 0 Å². The van der Waals surface area contributed by atoms with Crippen molar-refractivity contribution < 1.29 is 18.7 Å². The van der Waals surface area contributed by atoms with Crippen molar-refractivity contribution in [1.29, 1.82) is 0 Å². The van der Waals surface area contributed by atoms with Crippen LogP contribution >= 0.6 is 0 Å². The number of esters is 1. The third kappa shape index (κ3) is 5.66. The molecule has 168 valence electrons. The lowest BCUT2D eigenvalue weighted by Crippen LogP contribution is -2.54. The summed E-state index contributed by atoms with van der Waals surface area (Å²) in [6, 6.07) is 8.09. The number of hydrogen-bond donors (Lipinski definition) is 2. The largest absolute Gasteiger partial charge is 0.466 e. The minimum absolute atomic E-state index is 0.202. The van der Waals surface area contributed by atoms with Crippen LogP contribution in [0.25, 0.3) is 5.69 Å². The first kappa shape index (κ1) is 22.8. The molecule has 0 unspecified atom stereocenters. The lowest BCUT2D eigenvalue weighted by Gasteiger charge is -2.37. The molecule has 2 N–H and O–H groups in total. The van der Waals surface area contributed by atoms with Crippen molar-refractivity contribution in [1.82, 2.24) is 15.2 Å². The molecular weight excluding hydrogens is 397 g/mol. The average molecular weight is 430 g/mol. The third-order valence-corrected chi connectivity index (χ3v) is 6.04. The van der Waals surface area contributed by atoms with Gasteiger partial charge in [0.05, 0.1) is 18.6 Å². The SMILES string of the molecule is CCOC(=O)CC1(NC(=O)NCc2cc(C)n(-c3ccc(F)cc3)c2C)CCCCC1. The number of rotatable bonds is 7. The Labute approximate surface area is 183 Å². The maximum atomic E-state index is 13.3. The zero-order chi connectivity index (χ0) is 22.4. The van der Waals surface area contributed by atoms with Gasteiger partial charge in [-0.2, -0.15) is 0 Å². The molecule has 2 aromatic rings.